The molecule has 0 spiro atoms. The Kier molecular flexibility index (Phi) is 7.39. The number of nitrogens with zero attached hydrogens (tertiary/aromatic N) is 4. The molecule has 198 valence electrons. The van der Waals surface area contributed by atoms with Gasteiger partial charge in [-0.1, -0.05) is 20.8 Å². The molecule has 0 saturated carbocycles. The summed E-state index contributed by atoms with van der Waals surface area (Å²) in [6, 6.07) is 4.83. The highest BCUT2D eigenvalue weighted by Gasteiger charge is 2.33. The SMILES string of the molecule is CN1CC(COc2ccc(C(F)(F)F)cc2C(=O)N=c2cc(C(C)(C)C)n(C)n2C[C@H]2CCCO2)C1. The van der Waals surface area contributed by atoms with Gasteiger partial charge < -0.3 is 14.4 Å². The molecule has 0 bridgehead atoms. The average Bonchev–Trinajstić information content (AvgIpc) is 3.38. The van der Waals surface area contributed by atoms with E-state index in [1.165, 1.54) is 6.07 Å². The van der Waals surface area contributed by atoms with Gasteiger partial charge in [0.25, 0.3) is 5.91 Å². The molecule has 0 unspecified atom stereocenters. The fraction of sp³-hybridized carbons (Fsp3) is 0.615. The van der Waals surface area contributed by atoms with Crippen LogP contribution in [0.3, 0.4) is 0 Å². The molecule has 2 aliphatic heterocycles. The fourth-order valence-corrected chi connectivity index (χ4v) is 4.87. The maximum atomic E-state index is 13.5. The van der Waals surface area contributed by atoms with E-state index in [-0.39, 0.29) is 28.7 Å². The van der Waals surface area contributed by atoms with Crippen molar-refractivity contribution in [2.75, 3.05) is 33.4 Å². The van der Waals surface area contributed by atoms with Crippen molar-refractivity contribution < 1.29 is 27.4 Å². The summed E-state index contributed by atoms with van der Waals surface area (Å²) >= 11 is 0. The summed E-state index contributed by atoms with van der Waals surface area (Å²) in [6.45, 7) is 9.38. The van der Waals surface area contributed by atoms with Gasteiger partial charge in [0, 0.05) is 49.8 Å². The molecule has 2 fully saturated rings. The molecule has 1 atom stereocenters. The number of aromatic nitrogens is 2. The largest absolute Gasteiger partial charge is 0.492 e. The Hall–Kier alpha value is -2.59. The van der Waals surface area contributed by atoms with Gasteiger partial charge in [0.2, 0.25) is 0 Å². The number of benzene rings is 1. The van der Waals surface area contributed by atoms with Gasteiger partial charge in [-0.15, -0.1) is 0 Å². The molecule has 0 radical (unpaired) electrons. The monoisotopic (exact) mass is 508 g/mol. The predicted molar refractivity (Wildman–Crippen MR) is 129 cm³/mol. The number of halogens is 3. The van der Waals surface area contributed by atoms with Crippen LogP contribution >= 0.6 is 0 Å². The van der Waals surface area contributed by atoms with Crippen LogP contribution in [0.5, 0.6) is 5.75 Å². The Bertz CT molecular complexity index is 1160. The van der Waals surface area contributed by atoms with Crippen LogP contribution in [0.2, 0.25) is 0 Å². The topological polar surface area (TPSA) is 61.0 Å². The number of ether oxygens (including phenoxy) is 2. The number of alkyl halides is 3. The maximum absolute atomic E-state index is 13.5. The van der Waals surface area contributed by atoms with Crippen LogP contribution in [0.1, 0.15) is 55.2 Å². The zero-order valence-electron chi connectivity index (χ0n) is 21.6. The van der Waals surface area contributed by atoms with E-state index in [1.807, 2.05) is 29.5 Å². The third kappa shape index (κ3) is 5.86. The maximum Gasteiger partial charge on any atom is 0.416 e. The van der Waals surface area contributed by atoms with Gasteiger partial charge in [-0.3, -0.25) is 14.2 Å². The molecule has 2 aliphatic rings. The van der Waals surface area contributed by atoms with Crippen molar-refractivity contribution in [1.82, 2.24) is 14.3 Å². The van der Waals surface area contributed by atoms with Gasteiger partial charge >= 0.3 is 6.18 Å². The summed E-state index contributed by atoms with van der Waals surface area (Å²) in [7, 11) is 3.88. The molecule has 10 heteroatoms. The first-order valence-corrected chi connectivity index (χ1v) is 12.3. The van der Waals surface area contributed by atoms with Crippen molar-refractivity contribution in [3.63, 3.8) is 0 Å². The first-order valence-electron chi connectivity index (χ1n) is 12.3. The Balaban J connectivity index is 1.72. The van der Waals surface area contributed by atoms with Crippen LogP contribution < -0.4 is 10.2 Å². The van der Waals surface area contributed by atoms with Crippen LogP contribution in [-0.4, -0.2) is 59.6 Å². The van der Waals surface area contributed by atoms with Crippen molar-refractivity contribution in [3.05, 3.63) is 46.6 Å². The first kappa shape index (κ1) is 26.5. The number of likely N-dealkylation sites (tertiary alicyclic amines) is 1. The standard InChI is InChI=1S/C26H35F3N4O3/c1-25(2,3)22-12-23(33(32(22)5)15-19-7-6-10-35-19)30-24(34)20-11-18(26(27,28)29)8-9-21(20)36-16-17-13-31(4)14-17/h8-9,11-12,17,19H,6-7,10,13-16H2,1-5H3/t19-/m1/s1. The Labute approximate surface area is 209 Å². The first-order chi connectivity index (χ1) is 16.8. The number of hydrogen-bond acceptors (Lipinski definition) is 4. The quantitative estimate of drug-likeness (QED) is 0.592. The molecule has 7 nitrogen and oxygen atoms in total. The zero-order valence-corrected chi connectivity index (χ0v) is 21.6. The van der Waals surface area contributed by atoms with E-state index < -0.39 is 17.6 Å². The Morgan fingerprint density at radius 2 is 1.89 bits per heavy atom. The molecule has 1 aromatic carbocycles. The lowest BCUT2D eigenvalue weighted by atomic mass is 9.92. The van der Waals surface area contributed by atoms with Crippen molar-refractivity contribution >= 4 is 5.91 Å². The van der Waals surface area contributed by atoms with Gasteiger partial charge in [-0.05, 0) is 38.1 Å². The van der Waals surface area contributed by atoms with Crippen molar-refractivity contribution in [2.45, 2.75) is 57.9 Å². The summed E-state index contributed by atoms with van der Waals surface area (Å²) in [6.07, 6.45) is -2.72. The summed E-state index contributed by atoms with van der Waals surface area (Å²) in [5, 5.41) is 0. The van der Waals surface area contributed by atoms with E-state index in [0.29, 0.717) is 25.2 Å². The number of carbonyl (C=O) groups excluding carboxylic acids is 1. The number of rotatable bonds is 6. The number of hydrogen-bond donors (Lipinski definition) is 0. The van der Waals surface area contributed by atoms with Crippen LogP contribution in [-0.2, 0) is 29.9 Å². The molecule has 0 N–H and O–H groups in total. The number of amides is 1. The fourth-order valence-electron chi connectivity index (χ4n) is 4.87. The Morgan fingerprint density at radius 3 is 2.47 bits per heavy atom. The molecular weight excluding hydrogens is 473 g/mol. The highest BCUT2D eigenvalue weighted by molar-refractivity contribution is 5.97. The van der Waals surface area contributed by atoms with Gasteiger partial charge in [-0.25, -0.2) is 0 Å². The van der Waals surface area contributed by atoms with Gasteiger partial charge in [0.15, 0.2) is 5.49 Å². The Morgan fingerprint density at radius 1 is 1.17 bits per heavy atom. The van der Waals surface area contributed by atoms with Crippen LogP contribution in [0.4, 0.5) is 13.2 Å². The second kappa shape index (κ2) is 10.0. The molecule has 3 heterocycles. The van der Waals surface area contributed by atoms with E-state index in [4.69, 9.17) is 9.47 Å². The lowest BCUT2D eigenvalue weighted by Crippen LogP contribution is -2.46. The van der Waals surface area contributed by atoms with Gasteiger partial charge in [-0.2, -0.15) is 18.2 Å². The van der Waals surface area contributed by atoms with Crippen LogP contribution in [0.25, 0.3) is 0 Å². The lowest BCUT2D eigenvalue weighted by Gasteiger charge is -2.35. The van der Waals surface area contributed by atoms with E-state index in [0.717, 1.165) is 43.8 Å². The van der Waals surface area contributed by atoms with Crippen LogP contribution in [0, 0.1) is 5.92 Å². The molecule has 36 heavy (non-hydrogen) atoms. The van der Waals surface area contributed by atoms with Gasteiger partial charge in [0.1, 0.15) is 5.75 Å². The third-order valence-electron chi connectivity index (χ3n) is 6.78. The number of carbonyl (C=O) groups is 1. The summed E-state index contributed by atoms with van der Waals surface area (Å²) in [5.41, 5.74) is -0.00656. The van der Waals surface area contributed by atoms with E-state index in [2.05, 4.69) is 30.7 Å². The second-order valence-electron chi connectivity index (χ2n) is 10.9. The van der Waals surface area contributed by atoms with Gasteiger partial charge in [0.05, 0.1) is 30.4 Å². The normalized spacial score (nSPS) is 20.1. The molecule has 1 aromatic heterocycles. The molecular formula is C26H35F3N4O3. The van der Waals surface area contributed by atoms with Crippen molar-refractivity contribution in [2.24, 2.45) is 18.0 Å². The molecule has 4 rings (SSSR count). The molecule has 2 saturated heterocycles. The van der Waals surface area contributed by atoms with E-state index in [9.17, 15) is 18.0 Å². The predicted octanol–water partition coefficient (Wildman–Crippen LogP) is 4.00. The summed E-state index contributed by atoms with van der Waals surface area (Å²) in [5.74, 6) is -0.382. The van der Waals surface area contributed by atoms with E-state index in [1.54, 1.807) is 0 Å². The minimum absolute atomic E-state index is 0.00599. The molecule has 2 aromatic rings. The average molecular weight is 509 g/mol. The van der Waals surface area contributed by atoms with Crippen LogP contribution in [0.15, 0.2) is 29.3 Å². The van der Waals surface area contributed by atoms with Crippen molar-refractivity contribution in [1.29, 1.82) is 0 Å². The highest BCUT2D eigenvalue weighted by atomic mass is 19.4. The summed E-state index contributed by atoms with van der Waals surface area (Å²) < 4.78 is 55.9. The molecule has 0 aliphatic carbocycles. The minimum Gasteiger partial charge on any atom is -0.492 e. The molecule has 1 amide bonds. The smallest absolute Gasteiger partial charge is 0.416 e. The van der Waals surface area contributed by atoms with Crippen molar-refractivity contribution in [3.8, 4) is 5.75 Å². The third-order valence-corrected chi connectivity index (χ3v) is 6.78. The van der Waals surface area contributed by atoms with E-state index >= 15 is 0 Å². The lowest BCUT2D eigenvalue weighted by molar-refractivity contribution is -0.137. The zero-order chi connectivity index (χ0) is 26.3. The highest BCUT2D eigenvalue weighted by Crippen LogP contribution is 2.33. The minimum atomic E-state index is -4.59. The second-order valence-corrected chi connectivity index (χ2v) is 10.9. The summed E-state index contributed by atoms with van der Waals surface area (Å²) in [4.78, 5) is 19.8.